The smallest absolute Gasteiger partial charge is 0.227 e. The Bertz CT molecular complexity index is 959. The number of benzene rings is 1. The highest BCUT2D eigenvalue weighted by Gasteiger charge is 2.62. The number of aryl methyl sites for hydroxylation is 1. The average Bonchev–Trinajstić information content (AvgIpc) is 3.28. The molecule has 7 heteroatoms. The number of nitrogens with zero attached hydrogens (tertiary/aromatic N) is 4. The molecule has 0 saturated carbocycles. The Balaban J connectivity index is 1.36. The van der Waals surface area contributed by atoms with Crippen LogP contribution in [-0.2, 0) is 16.0 Å². The molecular weight excluding hydrogens is 380 g/mol. The minimum Gasteiger partial charge on any atom is -0.396 e. The Morgan fingerprint density at radius 1 is 1.23 bits per heavy atom. The summed E-state index contributed by atoms with van der Waals surface area (Å²) in [7, 11) is 2.10. The topological polar surface area (TPSA) is 70.8 Å². The van der Waals surface area contributed by atoms with Gasteiger partial charge in [0.15, 0.2) is 0 Å². The van der Waals surface area contributed by atoms with E-state index in [1.165, 1.54) is 0 Å². The van der Waals surface area contributed by atoms with E-state index >= 15 is 0 Å². The number of carbonyl (C=O) groups is 1. The minimum absolute atomic E-state index is 0.0737. The number of hydrogen-bond acceptors (Lipinski definition) is 5. The van der Waals surface area contributed by atoms with Crippen molar-refractivity contribution in [3.05, 3.63) is 47.3 Å². The van der Waals surface area contributed by atoms with Crippen molar-refractivity contribution < 1.29 is 14.6 Å². The molecule has 3 saturated heterocycles. The van der Waals surface area contributed by atoms with Crippen LogP contribution in [0.4, 0.5) is 0 Å². The van der Waals surface area contributed by atoms with Crippen molar-refractivity contribution >= 4 is 5.91 Å². The van der Waals surface area contributed by atoms with E-state index < -0.39 is 0 Å². The number of carbonyl (C=O) groups excluding carboxylic acids is 1. The highest BCUT2D eigenvalue weighted by molar-refractivity contribution is 5.80. The molecule has 3 aliphatic heterocycles. The number of ether oxygens (including phenoxy) is 1. The molecule has 3 aliphatic rings. The fourth-order valence-corrected chi connectivity index (χ4v) is 5.86. The summed E-state index contributed by atoms with van der Waals surface area (Å²) in [5.41, 5.74) is 3.56. The summed E-state index contributed by atoms with van der Waals surface area (Å²) >= 11 is 0. The van der Waals surface area contributed by atoms with Crippen LogP contribution in [0.3, 0.4) is 0 Å². The average molecular weight is 411 g/mol. The van der Waals surface area contributed by atoms with Gasteiger partial charge in [-0.25, -0.2) is 4.68 Å². The van der Waals surface area contributed by atoms with Crippen LogP contribution in [0.15, 0.2) is 30.3 Å². The summed E-state index contributed by atoms with van der Waals surface area (Å²) in [6.07, 6.45) is 0.417. The molecule has 0 aliphatic carbocycles. The van der Waals surface area contributed by atoms with Gasteiger partial charge in [-0.2, -0.15) is 5.10 Å². The van der Waals surface area contributed by atoms with Crippen LogP contribution >= 0.6 is 0 Å². The van der Waals surface area contributed by atoms with Crippen LogP contribution in [0.5, 0.6) is 0 Å². The second kappa shape index (κ2) is 7.18. The zero-order valence-electron chi connectivity index (χ0n) is 17.9. The maximum Gasteiger partial charge on any atom is 0.227 e. The first kappa shape index (κ1) is 19.7. The first-order chi connectivity index (χ1) is 14.4. The monoisotopic (exact) mass is 410 g/mol. The molecule has 2 bridgehead atoms. The molecule has 4 atom stereocenters. The number of morpholine rings is 1. The zero-order chi connectivity index (χ0) is 21.0. The maximum atomic E-state index is 13.3. The van der Waals surface area contributed by atoms with Gasteiger partial charge in [0, 0.05) is 49.3 Å². The second-order valence-corrected chi connectivity index (χ2v) is 9.22. The van der Waals surface area contributed by atoms with Crippen molar-refractivity contribution in [1.29, 1.82) is 0 Å². The quantitative estimate of drug-likeness (QED) is 0.820. The number of aliphatic hydroxyl groups is 1. The number of aromatic nitrogens is 2. The number of likely N-dealkylation sites (tertiary alicyclic amines) is 2. The number of likely N-dealkylation sites (N-methyl/N-ethyl adjacent to an activating group) is 1. The van der Waals surface area contributed by atoms with Gasteiger partial charge in [0.05, 0.1) is 30.5 Å². The van der Waals surface area contributed by atoms with Gasteiger partial charge < -0.3 is 19.6 Å². The minimum atomic E-state index is -0.334. The molecule has 1 amide bonds. The van der Waals surface area contributed by atoms with E-state index in [-0.39, 0.29) is 36.1 Å². The Labute approximate surface area is 177 Å². The SMILES string of the molecule is Cc1nn(-c2ccccc2)c(C)c1CC(=O)N1C[C@@H]2[C@H](CO)[C@H]3CN(C)C[C@]2(C1)O3. The second-order valence-electron chi connectivity index (χ2n) is 9.22. The van der Waals surface area contributed by atoms with Crippen molar-refractivity contribution in [2.45, 2.75) is 32.0 Å². The molecule has 1 aromatic carbocycles. The van der Waals surface area contributed by atoms with E-state index in [1.807, 2.05) is 53.8 Å². The molecule has 4 heterocycles. The predicted octanol–water partition coefficient (Wildman–Crippen LogP) is 1.18. The van der Waals surface area contributed by atoms with E-state index in [0.29, 0.717) is 19.5 Å². The molecule has 3 fully saturated rings. The zero-order valence-corrected chi connectivity index (χ0v) is 17.9. The molecule has 7 nitrogen and oxygen atoms in total. The number of aliphatic hydroxyl groups excluding tert-OH is 1. The van der Waals surface area contributed by atoms with Gasteiger partial charge in [-0.1, -0.05) is 18.2 Å². The molecule has 1 aromatic heterocycles. The van der Waals surface area contributed by atoms with E-state index in [2.05, 4.69) is 17.0 Å². The van der Waals surface area contributed by atoms with E-state index in [0.717, 1.165) is 35.7 Å². The summed E-state index contributed by atoms with van der Waals surface area (Å²) in [6, 6.07) is 10.0. The first-order valence-corrected chi connectivity index (χ1v) is 10.8. The summed E-state index contributed by atoms with van der Waals surface area (Å²) < 4.78 is 8.33. The number of hydrogen-bond donors (Lipinski definition) is 1. The van der Waals surface area contributed by atoms with Gasteiger partial charge in [0.2, 0.25) is 5.91 Å². The van der Waals surface area contributed by atoms with Crippen molar-refractivity contribution in [2.75, 3.05) is 39.8 Å². The van der Waals surface area contributed by atoms with Crippen LogP contribution in [0.25, 0.3) is 5.69 Å². The van der Waals surface area contributed by atoms with E-state index in [9.17, 15) is 9.90 Å². The standard InChI is InChI=1S/C23H30N4O3/c1-15-18(16(2)27(24-15)17-7-5-4-6-8-17)9-22(29)26-10-20-19(12-28)21-11-25(3)13-23(20,14-26)30-21/h4-8,19-21,28H,9-14H2,1-3H3/t19-,20+,21+,23+/m0/s1. The van der Waals surface area contributed by atoms with Crippen LogP contribution in [0.2, 0.25) is 0 Å². The van der Waals surface area contributed by atoms with Crippen molar-refractivity contribution in [1.82, 2.24) is 19.6 Å². The lowest BCUT2D eigenvalue weighted by Gasteiger charge is -2.38. The van der Waals surface area contributed by atoms with Gasteiger partial charge in [-0.05, 0) is 33.0 Å². The van der Waals surface area contributed by atoms with Crippen LogP contribution in [0.1, 0.15) is 17.0 Å². The highest BCUT2D eigenvalue weighted by Crippen LogP contribution is 2.48. The lowest BCUT2D eigenvalue weighted by atomic mass is 9.83. The van der Waals surface area contributed by atoms with Crippen molar-refractivity contribution in [3.63, 3.8) is 0 Å². The molecule has 160 valence electrons. The normalized spacial score (nSPS) is 30.7. The molecule has 1 spiro atoms. The highest BCUT2D eigenvalue weighted by atomic mass is 16.5. The van der Waals surface area contributed by atoms with Crippen LogP contribution in [-0.4, -0.2) is 82.1 Å². The van der Waals surface area contributed by atoms with E-state index in [4.69, 9.17) is 4.74 Å². The summed E-state index contributed by atoms with van der Waals surface area (Å²) in [6.45, 7) is 7.07. The molecular formula is C23H30N4O3. The fourth-order valence-electron chi connectivity index (χ4n) is 5.86. The lowest BCUT2D eigenvalue weighted by molar-refractivity contribution is -0.136. The molecule has 5 rings (SSSR count). The largest absolute Gasteiger partial charge is 0.396 e. The van der Waals surface area contributed by atoms with Crippen LogP contribution < -0.4 is 0 Å². The Morgan fingerprint density at radius 3 is 2.73 bits per heavy atom. The molecule has 0 unspecified atom stereocenters. The summed E-state index contributed by atoms with van der Waals surface area (Å²) in [4.78, 5) is 17.5. The first-order valence-electron chi connectivity index (χ1n) is 10.8. The van der Waals surface area contributed by atoms with Gasteiger partial charge in [-0.3, -0.25) is 4.79 Å². The molecule has 0 radical (unpaired) electrons. The fraction of sp³-hybridized carbons (Fsp3) is 0.565. The van der Waals surface area contributed by atoms with Gasteiger partial charge in [-0.15, -0.1) is 0 Å². The number of para-hydroxylation sites is 1. The van der Waals surface area contributed by atoms with Gasteiger partial charge in [0.25, 0.3) is 0 Å². The summed E-state index contributed by atoms with van der Waals surface area (Å²) in [5.74, 6) is 0.426. The molecule has 2 aromatic rings. The Hall–Kier alpha value is -2.22. The number of fused-ring (bicyclic) bond motifs is 1. The Kier molecular flexibility index (Phi) is 4.72. The number of amides is 1. The lowest BCUT2D eigenvalue weighted by Crippen LogP contribution is -2.53. The van der Waals surface area contributed by atoms with E-state index in [1.54, 1.807) is 0 Å². The van der Waals surface area contributed by atoms with Gasteiger partial charge in [0.1, 0.15) is 5.60 Å². The maximum absolute atomic E-state index is 13.3. The third kappa shape index (κ3) is 2.99. The van der Waals surface area contributed by atoms with Gasteiger partial charge >= 0.3 is 0 Å². The van der Waals surface area contributed by atoms with Crippen molar-refractivity contribution in [3.8, 4) is 5.69 Å². The molecule has 30 heavy (non-hydrogen) atoms. The number of rotatable bonds is 4. The third-order valence-corrected chi connectivity index (χ3v) is 7.29. The van der Waals surface area contributed by atoms with Crippen LogP contribution in [0, 0.1) is 25.7 Å². The Morgan fingerprint density at radius 2 is 2.00 bits per heavy atom. The third-order valence-electron chi connectivity index (χ3n) is 7.29. The predicted molar refractivity (Wildman–Crippen MR) is 112 cm³/mol. The summed E-state index contributed by atoms with van der Waals surface area (Å²) in [5, 5.41) is 14.7. The molecule has 1 N–H and O–H groups in total. The van der Waals surface area contributed by atoms with Crippen molar-refractivity contribution in [2.24, 2.45) is 11.8 Å².